The standard InChI is InChI=1S/C22H34N4O2/c27-22(23-16-21-17-26-11-4-8-20(26)18-28-21)9-5-10-24-12-14-25(15-13-24)19-6-2-1-3-7-19/h1-3,6-7,20-21H,4-5,8-18H2,(H,23,27). The van der Waals surface area contributed by atoms with E-state index < -0.39 is 0 Å². The molecular weight excluding hydrogens is 352 g/mol. The molecule has 3 fully saturated rings. The molecule has 2 unspecified atom stereocenters. The number of ether oxygens (including phenoxy) is 1. The highest BCUT2D eigenvalue weighted by Crippen LogP contribution is 2.22. The Balaban J connectivity index is 1.07. The second kappa shape index (κ2) is 9.72. The molecule has 0 radical (unpaired) electrons. The number of nitrogens with zero attached hydrogens (tertiary/aromatic N) is 3. The van der Waals surface area contributed by atoms with E-state index in [1.54, 1.807) is 0 Å². The third-order valence-electron chi connectivity index (χ3n) is 6.36. The zero-order valence-corrected chi connectivity index (χ0v) is 16.9. The summed E-state index contributed by atoms with van der Waals surface area (Å²) in [5, 5.41) is 3.08. The lowest BCUT2D eigenvalue weighted by Crippen LogP contribution is -2.50. The zero-order valence-electron chi connectivity index (χ0n) is 16.9. The third kappa shape index (κ3) is 5.25. The Hall–Kier alpha value is -1.63. The number of piperazine rings is 1. The number of para-hydroxylation sites is 1. The maximum Gasteiger partial charge on any atom is 0.220 e. The van der Waals surface area contributed by atoms with Crippen molar-refractivity contribution in [2.75, 3.05) is 63.9 Å². The Morgan fingerprint density at radius 2 is 1.93 bits per heavy atom. The van der Waals surface area contributed by atoms with Crippen LogP contribution in [0.1, 0.15) is 25.7 Å². The van der Waals surface area contributed by atoms with Crippen molar-refractivity contribution in [3.63, 3.8) is 0 Å². The molecule has 1 aromatic rings. The summed E-state index contributed by atoms with van der Waals surface area (Å²) in [6.07, 6.45) is 4.24. The molecule has 1 amide bonds. The van der Waals surface area contributed by atoms with Crippen molar-refractivity contribution in [3.8, 4) is 0 Å². The molecule has 28 heavy (non-hydrogen) atoms. The van der Waals surface area contributed by atoms with Gasteiger partial charge in [-0.3, -0.25) is 14.6 Å². The summed E-state index contributed by atoms with van der Waals surface area (Å²) in [5.41, 5.74) is 1.31. The average Bonchev–Trinajstić information content (AvgIpc) is 3.21. The molecule has 3 aliphatic heterocycles. The van der Waals surface area contributed by atoms with Gasteiger partial charge in [0, 0.05) is 57.4 Å². The van der Waals surface area contributed by atoms with Crippen LogP contribution in [0.2, 0.25) is 0 Å². The van der Waals surface area contributed by atoms with E-state index >= 15 is 0 Å². The molecule has 3 heterocycles. The molecule has 0 saturated carbocycles. The van der Waals surface area contributed by atoms with Gasteiger partial charge in [-0.25, -0.2) is 0 Å². The van der Waals surface area contributed by atoms with Crippen molar-refractivity contribution in [2.24, 2.45) is 0 Å². The minimum atomic E-state index is 0.157. The predicted molar refractivity (Wildman–Crippen MR) is 112 cm³/mol. The predicted octanol–water partition coefficient (Wildman–Crippen LogP) is 1.57. The summed E-state index contributed by atoms with van der Waals surface area (Å²) in [7, 11) is 0. The first-order chi connectivity index (χ1) is 13.8. The van der Waals surface area contributed by atoms with Gasteiger partial charge < -0.3 is 15.0 Å². The average molecular weight is 387 g/mol. The highest BCUT2D eigenvalue weighted by Gasteiger charge is 2.32. The van der Waals surface area contributed by atoms with Crippen LogP contribution in [0.15, 0.2) is 30.3 Å². The van der Waals surface area contributed by atoms with Crippen LogP contribution in [0.25, 0.3) is 0 Å². The molecule has 3 aliphatic rings. The van der Waals surface area contributed by atoms with E-state index in [1.807, 2.05) is 0 Å². The van der Waals surface area contributed by atoms with Gasteiger partial charge in [0.15, 0.2) is 0 Å². The van der Waals surface area contributed by atoms with Crippen LogP contribution in [0, 0.1) is 0 Å². The zero-order chi connectivity index (χ0) is 19.2. The summed E-state index contributed by atoms with van der Waals surface area (Å²) in [5.74, 6) is 0.162. The fraction of sp³-hybridized carbons (Fsp3) is 0.682. The van der Waals surface area contributed by atoms with E-state index in [2.05, 4.69) is 50.3 Å². The van der Waals surface area contributed by atoms with Crippen LogP contribution in [0.5, 0.6) is 0 Å². The normalized spacial score (nSPS) is 26.2. The number of carbonyl (C=O) groups is 1. The van der Waals surface area contributed by atoms with Gasteiger partial charge in [-0.2, -0.15) is 0 Å². The topological polar surface area (TPSA) is 48.1 Å². The van der Waals surface area contributed by atoms with Crippen LogP contribution >= 0.6 is 0 Å². The van der Waals surface area contributed by atoms with Gasteiger partial charge in [-0.15, -0.1) is 0 Å². The molecule has 1 aromatic carbocycles. The molecule has 3 saturated heterocycles. The molecule has 0 aromatic heterocycles. The number of anilines is 1. The maximum absolute atomic E-state index is 12.2. The van der Waals surface area contributed by atoms with Crippen molar-refractivity contribution in [3.05, 3.63) is 30.3 Å². The fourth-order valence-corrected chi connectivity index (χ4v) is 4.66. The van der Waals surface area contributed by atoms with E-state index in [4.69, 9.17) is 4.74 Å². The van der Waals surface area contributed by atoms with E-state index in [0.29, 0.717) is 19.0 Å². The lowest BCUT2D eigenvalue weighted by atomic mass is 10.2. The quantitative estimate of drug-likeness (QED) is 0.771. The summed E-state index contributed by atoms with van der Waals surface area (Å²) in [6.45, 7) is 8.91. The monoisotopic (exact) mass is 386 g/mol. The summed E-state index contributed by atoms with van der Waals surface area (Å²) in [4.78, 5) is 19.6. The van der Waals surface area contributed by atoms with E-state index in [1.165, 1.54) is 25.1 Å². The molecule has 1 N–H and O–H groups in total. The van der Waals surface area contributed by atoms with Crippen molar-refractivity contribution >= 4 is 11.6 Å². The Bertz CT molecular complexity index is 618. The summed E-state index contributed by atoms with van der Waals surface area (Å²) < 4.78 is 5.92. The first-order valence-electron chi connectivity index (χ1n) is 10.9. The number of nitrogens with one attached hydrogen (secondary N) is 1. The molecular formula is C22H34N4O2. The Morgan fingerprint density at radius 3 is 2.75 bits per heavy atom. The maximum atomic E-state index is 12.2. The van der Waals surface area contributed by atoms with Crippen molar-refractivity contribution < 1.29 is 9.53 Å². The molecule has 0 spiro atoms. The smallest absolute Gasteiger partial charge is 0.220 e. The number of hydrogen-bond donors (Lipinski definition) is 1. The molecule has 154 valence electrons. The third-order valence-corrected chi connectivity index (χ3v) is 6.36. The highest BCUT2D eigenvalue weighted by atomic mass is 16.5. The lowest BCUT2D eigenvalue weighted by Gasteiger charge is -2.36. The SMILES string of the molecule is O=C(CCCN1CCN(c2ccccc2)CC1)NCC1CN2CCCC2CO1. The second-order valence-electron chi connectivity index (χ2n) is 8.32. The fourth-order valence-electron chi connectivity index (χ4n) is 4.66. The molecule has 0 bridgehead atoms. The first-order valence-corrected chi connectivity index (χ1v) is 10.9. The minimum absolute atomic E-state index is 0.157. The van der Waals surface area contributed by atoms with Gasteiger partial charge in [0.2, 0.25) is 5.91 Å². The van der Waals surface area contributed by atoms with Gasteiger partial charge in [-0.05, 0) is 44.5 Å². The number of amides is 1. The van der Waals surface area contributed by atoms with Gasteiger partial charge in [0.05, 0.1) is 12.7 Å². The van der Waals surface area contributed by atoms with E-state index in [0.717, 1.165) is 52.3 Å². The lowest BCUT2D eigenvalue weighted by molar-refractivity contribution is -0.122. The van der Waals surface area contributed by atoms with Crippen molar-refractivity contribution in [1.29, 1.82) is 0 Å². The van der Waals surface area contributed by atoms with Gasteiger partial charge in [0.1, 0.15) is 0 Å². The van der Waals surface area contributed by atoms with Crippen LogP contribution in [0.4, 0.5) is 5.69 Å². The van der Waals surface area contributed by atoms with Crippen molar-refractivity contribution in [1.82, 2.24) is 15.1 Å². The van der Waals surface area contributed by atoms with Gasteiger partial charge in [0.25, 0.3) is 0 Å². The highest BCUT2D eigenvalue weighted by molar-refractivity contribution is 5.75. The molecule has 0 aliphatic carbocycles. The van der Waals surface area contributed by atoms with Gasteiger partial charge in [-0.1, -0.05) is 18.2 Å². The number of carbonyl (C=O) groups excluding carboxylic acids is 1. The molecule has 4 rings (SSSR count). The first kappa shape index (κ1) is 19.7. The van der Waals surface area contributed by atoms with Crippen LogP contribution < -0.4 is 10.2 Å². The summed E-state index contributed by atoms with van der Waals surface area (Å²) in [6, 6.07) is 11.2. The van der Waals surface area contributed by atoms with Crippen molar-refractivity contribution in [2.45, 2.75) is 37.8 Å². The number of benzene rings is 1. The van der Waals surface area contributed by atoms with E-state index in [9.17, 15) is 4.79 Å². The number of fused-ring (bicyclic) bond motifs is 1. The molecule has 6 heteroatoms. The summed E-state index contributed by atoms with van der Waals surface area (Å²) >= 11 is 0. The van der Waals surface area contributed by atoms with Crippen LogP contribution in [0.3, 0.4) is 0 Å². The van der Waals surface area contributed by atoms with Gasteiger partial charge >= 0.3 is 0 Å². The minimum Gasteiger partial charge on any atom is -0.373 e. The number of rotatable bonds is 7. The van der Waals surface area contributed by atoms with Crippen LogP contribution in [-0.4, -0.2) is 86.8 Å². The van der Waals surface area contributed by atoms with E-state index in [-0.39, 0.29) is 12.0 Å². The Kier molecular flexibility index (Phi) is 6.83. The Morgan fingerprint density at radius 1 is 1.11 bits per heavy atom. The number of hydrogen-bond acceptors (Lipinski definition) is 5. The number of morpholine rings is 1. The molecule has 6 nitrogen and oxygen atoms in total. The second-order valence-corrected chi connectivity index (χ2v) is 8.32. The Labute approximate surface area is 168 Å². The van der Waals surface area contributed by atoms with Crippen LogP contribution in [-0.2, 0) is 9.53 Å². The molecule has 2 atom stereocenters. The largest absolute Gasteiger partial charge is 0.373 e.